The smallest absolute Gasteiger partial charge is 0.324 e. The number of hydrogen-bond acceptors (Lipinski definition) is 3. The van der Waals surface area contributed by atoms with Crippen LogP contribution in [0.5, 0.6) is 0 Å². The van der Waals surface area contributed by atoms with Crippen LogP contribution < -0.4 is 0 Å². The van der Waals surface area contributed by atoms with Crippen molar-refractivity contribution in [3.8, 4) is 0 Å². The molecular formula is C21H26F3N5O. The molecule has 1 saturated heterocycles. The molecule has 0 unspecified atom stereocenters. The lowest BCUT2D eigenvalue weighted by Crippen LogP contribution is -2.49. The van der Waals surface area contributed by atoms with Crippen molar-refractivity contribution in [3.05, 3.63) is 35.6 Å². The van der Waals surface area contributed by atoms with Gasteiger partial charge in [-0.2, -0.15) is 13.2 Å². The Morgan fingerprint density at radius 3 is 2.70 bits per heavy atom. The molecule has 2 aromatic heterocycles. The fraction of sp³-hybridized carbons (Fsp3) is 0.571. The van der Waals surface area contributed by atoms with Gasteiger partial charge in [0.05, 0.1) is 17.6 Å². The molecule has 0 radical (unpaired) electrons. The van der Waals surface area contributed by atoms with E-state index in [1.807, 2.05) is 12.3 Å². The fourth-order valence-electron chi connectivity index (χ4n) is 4.56. The molecule has 30 heavy (non-hydrogen) atoms. The molecule has 0 N–H and O–H groups in total. The standard InChI is InChI=1S/C21H26F3N5O/c1-4-14-10-27(20(30)28(13(2)3)12-21(22,23)24)11-15(14)18-8-26-19-9-25-16-6-5-7-17(16)29(18)19/h5,7-9,13-15H,4,6,10-12H2,1-3H3/t14-,15+/m1/s1. The van der Waals surface area contributed by atoms with Crippen LogP contribution in [0.15, 0.2) is 18.5 Å². The monoisotopic (exact) mass is 421 g/mol. The first-order chi connectivity index (χ1) is 14.2. The molecule has 4 rings (SSSR count). The molecule has 0 saturated carbocycles. The van der Waals surface area contributed by atoms with Crippen LogP contribution in [-0.2, 0) is 6.42 Å². The normalized spacial score (nSPS) is 21.1. The first kappa shape index (κ1) is 20.7. The minimum absolute atomic E-state index is 0.00866. The second-order valence-corrected chi connectivity index (χ2v) is 8.37. The number of allylic oxidation sites excluding steroid dienone is 1. The SMILES string of the molecule is CC[C@@H]1CN(C(=O)N(CC(F)(F)F)C(C)C)C[C@@H]1c1cnc2cnc3c(n12)C=CC3. The van der Waals surface area contributed by atoms with Crippen LogP contribution in [0, 0.1) is 5.92 Å². The lowest BCUT2D eigenvalue weighted by molar-refractivity contribution is -0.143. The van der Waals surface area contributed by atoms with Crippen LogP contribution in [0.1, 0.15) is 50.2 Å². The van der Waals surface area contributed by atoms with E-state index < -0.39 is 24.8 Å². The number of urea groups is 1. The number of aromatic nitrogens is 3. The number of likely N-dealkylation sites (tertiary alicyclic amines) is 1. The van der Waals surface area contributed by atoms with Crippen LogP contribution in [0.3, 0.4) is 0 Å². The molecular weight excluding hydrogens is 395 g/mol. The minimum atomic E-state index is -4.43. The molecule has 2 aliphatic rings. The van der Waals surface area contributed by atoms with Crippen molar-refractivity contribution in [2.45, 2.75) is 51.7 Å². The number of halogens is 3. The number of imidazole rings is 1. The van der Waals surface area contributed by atoms with Crippen molar-refractivity contribution in [2.75, 3.05) is 19.6 Å². The minimum Gasteiger partial charge on any atom is -0.324 e. The van der Waals surface area contributed by atoms with Gasteiger partial charge in [0.25, 0.3) is 0 Å². The van der Waals surface area contributed by atoms with Gasteiger partial charge < -0.3 is 9.80 Å². The third-order valence-electron chi connectivity index (χ3n) is 6.11. The predicted molar refractivity (Wildman–Crippen MR) is 107 cm³/mol. The van der Waals surface area contributed by atoms with E-state index in [1.165, 1.54) is 0 Å². The van der Waals surface area contributed by atoms with Crippen molar-refractivity contribution in [3.63, 3.8) is 0 Å². The zero-order valence-corrected chi connectivity index (χ0v) is 17.4. The summed E-state index contributed by atoms with van der Waals surface area (Å²) in [5.74, 6) is 0.164. The summed E-state index contributed by atoms with van der Waals surface area (Å²) < 4.78 is 41.2. The Labute approximate surface area is 173 Å². The molecule has 3 heterocycles. The van der Waals surface area contributed by atoms with E-state index in [9.17, 15) is 18.0 Å². The maximum Gasteiger partial charge on any atom is 0.406 e. The van der Waals surface area contributed by atoms with Gasteiger partial charge in [-0.05, 0) is 25.8 Å². The predicted octanol–water partition coefficient (Wildman–Crippen LogP) is 4.12. The van der Waals surface area contributed by atoms with E-state index in [4.69, 9.17) is 0 Å². The average Bonchev–Trinajstić information content (AvgIpc) is 3.39. The molecule has 2 amide bonds. The summed E-state index contributed by atoms with van der Waals surface area (Å²) in [6.07, 6.45) is 4.83. The number of amides is 2. The van der Waals surface area contributed by atoms with Crippen molar-refractivity contribution in [1.29, 1.82) is 0 Å². The Kier molecular flexibility index (Phi) is 5.23. The zero-order valence-electron chi connectivity index (χ0n) is 17.4. The number of alkyl halides is 3. The van der Waals surface area contributed by atoms with Crippen molar-refractivity contribution in [2.24, 2.45) is 5.92 Å². The number of rotatable bonds is 4. The van der Waals surface area contributed by atoms with Gasteiger partial charge in [0, 0.05) is 43.4 Å². The maximum absolute atomic E-state index is 13.0. The summed E-state index contributed by atoms with van der Waals surface area (Å²) in [4.78, 5) is 24.4. The summed E-state index contributed by atoms with van der Waals surface area (Å²) in [6, 6.07) is -1.09. The Morgan fingerprint density at radius 1 is 1.27 bits per heavy atom. The number of fused-ring (bicyclic) bond motifs is 3. The lowest BCUT2D eigenvalue weighted by atomic mass is 9.91. The maximum atomic E-state index is 13.0. The van der Waals surface area contributed by atoms with Gasteiger partial charge in [0.2, 0.25) is 0 Å². The van der Waals surface area contributed by atoms with Crippen LogP contribution >= 0.6 is 0 Å². The highest BCUT2D eigenvalue weighted by Gasteiger charge is 2.41. The lowest BCUT2D eigenvalue weighted by Gasteiger charge is -2.32. The molecule has 162 valence electrons. The van der Waals surface area contributed by atoms with E-state index in [0.29, 0.717) is 13.1 Å². The largest absolute Gasteiger partial charge is 0.406 e. The van der Waals surface area contributed by atoms with Crippen molar-refractivity contribution < 1.29 is 18.0 Å². The number of hydrogen-bond donors (Lipinski definition) is 0. The summed E-state index contributed by atoms with van der Waals surface area (Å²) in [5, 5.41) is 0. The highest BCUT2D eigenvalue weighted by atomic mass is 19.4. The number of carbonyl (C=O) groups excluding carboxylic acids is 1. The van der Waals surface area contributed by atoms with Gasteiger partial charge in [0.1, 0.15) is 6.54 Å². The Bertz CT molecular complexity index is 981. The molecule has 9 heteroatoms. The van der Waals surface area contributed by atoms with E-state index >= 15 is 0 Å². The third kappa shape index (κ3) is 3.65. The Hall–Kier alpha value is -2.58. The highest BCUT2D eigenvalue weighted by Crippen LogP contribution is 2.37. The molecule has 1 aliphatic heterocycles. The van der Waals surface area contributed by atoms with Gasteiger partial charge in [-0.25, -0.2) is 9.78 Å². The molecule has 0 spiro atoms. The topological polar surface area (TPSA) is 53.7 Å². The van der Waals surface area contributed by atoms with Crippen LogP contribution in [-0.4, -0.2) is 62.1 Å². The van der Waals surface area contributed by atoms with Gasteiger partial charge in [-0.15, -0.1) is 0 Å². The zero-order chi connectivity index (χ0) is 21.6. The van der Waals surface area contributed by atoms with Gasteiger partial charge in [0.15, 0.2) is 5.65 Å². The Balaban J connectivity index is 1.64. The summed E-state index contributed by atoms with van der Waals surface area (Å²) in [5.41, 5.74) is 3.72. The van der Waals surface area contributed by atoms with Crippen LogP contribution in [0.2, 0.25) is 0 Å². The quantitative estimate of drug-likeness (QED) is 0.746. The Morgan fingerprint density at radius 2 is 2.03 bits per heavy atom. The van der Waals surface area contributed by atoms with Gasteiger partial charge >= 0.3 is 12.2 Å². The number of nitrogens with zero attached hydrogens (tertiary/aromatic N) is 5. The molecule has 0 aromatic carbocycles. The molecule has 6 nitrogen and oxygen atoms in total. The summed E-state index contributed by atoms with van der Waals surface area (Å²) in [7, 11) is 0. The van der Waals surface area contributed by atoms with E-state index in [2.05, 4.69) is 27.4 Å². The average molecular weight is 421 g/mol. The number of carbonyl (C=O) groups is 1. The highest BCUT2D eigenvalue weighted by molar-refractivity contribution is 5.75. The molecule has 0 bridgehead atoms. The second-order valence-electron chi connectivity index (χ2n) is 8.37. The first-order valence-corrected chi connectivity index (χ1v) is 10.3. The molecule has 2 atom stereocenters. The van der Waals surface area contributed by atoms with Crippen LogP contribution in [0.25, 0.3) is 11.7 Å². The summed E-state index contributed by atoms with van der Waals surface area (Å²) in [6.45, 7) is 4.87. The fourth-order valence-corrected chi connectivity index (χ4v) is 4.56. The third-order valence-corrected chi connectivity index (χ3v) is 6.11. The molecule has 1 fully saturated rings. The van der Waals surface area contributed by atoms with Gasteiger partial charge in [-0.1, -0.05) is 19.4 Å². The van der Waals surface area contributed by atoms with Crippen molar-refractivity contribution >= 4 is 17.8 Å². The van der Waals surface area contributed by atoms with Crippen LogP contribution in [0.4, 0.5) is 18.0 Å². The molecule has 1 aliphatic carbocycles. The van der Waals surface area contributed by atoms with E-state index in [-0.39, 0.29) is 11.8 Å². The molecule has 2 aromatic rings. The second kappa shape index (κ2) is 7.59. The van der Waals surface area contributed by atoms with Gasteiger partial charge in [-0.3, -0.25) is 9.38 Å². The van der Waals surface area contributed by atoms with E-state index in [0.717, 1.165) is 40.5 Å². The summed E-state index contributed by atoms with van der Waals surface area (Å²) >= 11 is 0. The van der Waals surface area contributed by atoms with E-state index in [1.54, 1.807) is 24.9 Å². The van der Waals surface area contributed by atoms with Crippen molar-refractivity contribution in [1.82, 2.24) is 24.2 Å². The first-order valence-electron chi connectivity index (χ1n) is 10.3.